The van der Waals surface area contributed by atoms with Crippen molar-refractivity contribution in [3.63, 3.8) is 0 Å². The summed E-state index contributed by atoms with van der Waals surface area (Å²) in [4.78, 5) is 23.0. The maximum atomic E-state index is 13.5. The maximum Gasteiger partial charge on any atom is 0.238 e. The smallest absolute Gasteiger partial charge is 0.238 e. The topological polar surface area (TPSA) is 54.9 Å². The van der Waals surface area contributed by atoms with Gasteiger partial charge in [0.25, 0.3) is 0 Å². The highest BCUT2D eigenvalue weighted by Gasteiger charge is 2.28. The van der Waals surface area contributed by atoms with Crippen molar-refractivity contribution >= 4 is 50.5 Å². The molecule has 0 fully saturated rings. The van der Waals surface area contributed by atoms with Gasteiger partial charge in [0.05, 0.1) is 10.8 Å². The maximum absolute atomic E-state index is 13.5. The molecule has 2 aromatic heterocycles. The Hall–Kier alpha value is -3.09. The van der Waals surface area contributed by atoms with Gasteiger partial charge in [0, 0.05) is 28.6 Å². The Kier molecular flexibility index (Phi) is 5.02. The van der Waals surface area contributed by atoms with E-state index in [2.05, 4.69) is 43.4 Å². The van der Waals surface area contributed by atoms with Crippen LogP contribution in [-0.4, -0.2) is 15.9 Å². The van der Waals surface area contributed by atoms with Crippen LogP contribution in [0.4, 0.5) is 5.13 Å². The standard InChI is InChI=1S/C24H16BrN3OS/c25-18-11-17(12-26-13-18)21-14-27-24(30-21)28-23(29)22-19-7-3-1-5-15(19)9-10-16-6-2-4-8-20(16)22/h1-14,22H,(H,27,28,29). The molecule has 4 nitrogen and oxygen atoms in total. The molecule has 2 heterocycles. The molecule has 0 radical (unpaired) electrons. The van der Waals surface area contributed by atoms with Crippen LogP contribution < -0.4 is 5.32 Å². The minimum Gasteiger partial charge on any atom is -0.301 e. The minimum atomic E-state index is -0.410. The van der Waals surface area contributed by atoms with Gasteiger partial charge >= 0.3 is 0 Å². The Labute approximate surface area is 186 Å². The Morgan fingerprint density at radius 1 is 0.933 bits per heavy atom. The molecule has 5 rings (SSSR count). The van der Waals surface area contributed by atoms with E-state index in [1.165, 1.54) is 11.3 Å². The summed E-state index contributed by atoms with van der Waals surface area (Å²) in [7, 11) is 0. The number of carbonyl (C=O) groups excluding carboxylic acids is 1. The van der Waals surface area contributed by atoms with Crippen molar-refractivity contribution in [2.75, 3.05) is 5.32 Å². The lowest BCUT2D eigenvalue weighted by atomic mass is 9.87. The Bertz CT molecular complexity index is 1230. The normalized spacial score (nSPS) is 12.7. The van der Waals surface area contributed by atoms with Gasteiger partial charge in [-0.05, 0) is 44.3 Å². The predicted octanol–water partition coefficient (Wildman–Crippen LogP) is 6.22. The first-order valence-electron chi connectivity index (χ1n) is 9.42. The molecule has 1 aliphatic rings. The van der Waals surface area contributed by atoms with Gasteiger partial charge in [-0.2, -0.15) is 0 Å². The van der Waals surface area contributed by atoms with Gasteiger partial charge in [-0.1, -0.05) is 72.0 Å². The summed E-state index contributed by atoms with van der Waals surface area (Å²) in [6.07, 6.45) is 9.43. The molecular weight excluding hydrogens is 458 g/mol. The molecule has 0 atom stereocenters. The van der Waals surface area contributed by atoms with Gasteiger partial charge in [0.1, 0.15) is 0 Å². The Morgan fingerprint density at radius 2 is 1.60 bits per heavy atom. The number of halogens is 1. The molecule has 0 unspecified atom stereocenters. The summed E-state index contributed by atoms with van der Waals surface area (Å²) in [5.41, 5.74) is 5.04. The second-order valence-corrected chi connectivity index (χ2v) is 8.88. The summed E-state index contributed by atoms with van der Waals surface area (Å²) in [5.74, 6) is -0.501. The van der Waals surface area contributed by atoms with Gasteiger partial charge in [-0.25, -0.2) is 4.98 Å². The number of hydrogen-bond acceptors (Lipinski definition) is 4. The van der Waals surface area contributed by atoms with Crippen molar-refractivity contribution in [2.24, 2.45) is 0 Å². The fourth-order valence-electron chi connectivity index (χ4n) is 3.67. The van der Waals surface area contributed by atoms with E-state index in [9.17, 15) is 4.79 Å². The third-order valence-electron chi connectivity index (χ3n) is 5.04. The zero-order valence-electron chi connectivity index (χ0n) is 15.7. The molecule has 0 bridgehead atoms. The number of pyridine rings is 1. The highest BCUT2D eigenvalue weighted by Crippen LogP contribution is 2.36. The Balaban J connectivity index is 1.49. The molecule has 6 heteroatoms. The molecule has 0 saturated carbocycles. The number of fused-ring (bicyclic) bond motifs is 2. The summed E-state index contributed by atoms with van der Waals surface area (Å²) in [6.45, 7) is 0. The molecule has 146 valence electrons. The van der Waals surface area contributed by atoms with Gasteiger partial charge in [-0.3, -0.25) is 9.78 Å². The molecular formula is C24H16BrN3OS. The van der Waals surface area contributed by atoms with Crippen LogP contribution in [0, 0.1) is 0 Å². The van der Waals surface area contributed by atoms with Crippen LogP contribution in [0.2, 0.25) is 0 Å². The summed E-state index contributed by atoms with van der Waals surface area (Å²) >= 11 is 4.88. The van der Waals surface area contributed by atoms with Crippen LogP contribution in [0.3, 0.4) is 0 Å². The van der Waals surface area contributed by atoms with Gasteiger partial charge in [-0.15, -0.1) is 0 Å². The number of nitrogens with zero attached hydrogens (tertiary/aromatic N) is 2. The SMILES string of the molecule is O=C(Nc1ncc(-c2cncc(Br)c2)s1)C1c2ccccc2C=Cc2ccccc21. The number of benzene rings is 2. The van der Waals surface area contributed by atoms with E-state index in [4.69, 9.17) is 0 Å². The zero-order valence-corrected chi connectivity index (χ0v) is 18.2. The predicted molar refractivity (Wildman–Crippen MR) is 125 cm³/mol. The highest BCUT2D eigenvalue weighted by atomic mass is 79.9. The van der Waals surface area contributed by atoms with Crippen molar-refractivity contribution in [2.45, 2.75) is 5.92 Å². The Morgan fingerprint density at radius 3 is 2.27 bits per heavy atom. The lowest BCUT2D eigenvalue weighted by Crippen LogP contribution is -2.23. The lowest BCUT2D eigenvalue weighted by molar-refractivity contribution is -0.116. The van der Waals surface area contributed by atoms with Gasteiger partial charge in [0.15, 0.2) is 5.13 Å². The van der Waals surface area contributed by atoms with Crippen LogP contribution in [-0.2, 0) is 4.79 Å². The van der Waals surface area contributed by atoms with Gasteiger partial charge < -0.3 is 5.32 Å². The van der Waals surface area contributed by atoms with E-state index < -0.39 is 5.92 Å². The zero-order chi connectivity index (χ0) is 20.5. The lowest BCUT2D eigenvalue weighted by Gasteiger charge is -2.19. The van der Waals surface area contributed by atoms with Crippen molar-refractivity contribution in [1.82, 2.24) is 9.97 Å². The van der Waals surface area contributed by atoms with Crippen LogP contribution in [0.25, 0.3) is 22.6 Å². The average Bonchev–Trinajstić information content (AvgIpc) is 3.15. The fraction of sp³-hybridized carbons (Fsp3) is 0.0417. The number of rotatable bonds is 3. The summed E-state index contributed by atoms with van der Waals surface area (Å²) in [6, 6.07) is 18.0. The van der Waals surface area contributed by atoms with Crippen LogP contribution in [0.5, 0.6) is 0 Å². The molecule has 30 heavy (non-hydrogen) atoms. The quantitative estimate of drug-likeness (QED) is 0.384. The second-order valence-electron chi connectivity index (χ2n) is 6.93. The van der Waals surface area contributed by atoms with E-state index in [0.717, 1.165) is 37.2 Å². The van der Waals surface area contributed by atoms with E-state index in [1.807, 2.05) is 54.6 Å². The van der Waals surface area contributed by atoms with Crippen LogP contribution >= 0.6 is 27.3 Å². The first-order valence-corrected chi connectivity index (χ1v) is 11.0. The molecule has 4 aromatic rings. The van der Waals surface area contributed by atoms with Crippen LogP contribution in [0.1, 0.15) is 28.2 Å². The minimum absolute atomic E-state index is 0.0909. The third-order valence-corrected chi connectivity index (χ3v) is 6.44. The van der Waals surface area contributed by atoms with Gasteiger partial charge in [0.2, 0.25) is 5.91 Å². The number of carbonyl (C=O) groups is 1. The van der Waals surface area contributed by atoms with Crippen molar-refractivity contribution < 1.29 is 4.79 Å². The number of thiazole rings is 1. The summed E-state index contributed by atoms with van der Waals surface area (Å²) < 4.78 is 0.901. The van der Waals surface area contributed by atoms with Crippen molar-refractivity contribution in [1.29, 1.82) is 0 Å². The first-order chi connectivity index (χ1) is 14.7. The highest BCUT2D eigenvalue weighted by molar-refractivity contribution is 9.10. The molecule has 0 saturated heterocycles. The van der Waals surface area contributed by atoms with E-state index in [-0.39, 0.29) is 5.91 Å². The average molecular weight is 474 g/mol. The monoisotopic (exact) mass is 473 g/mol. The summed E-state index contributed by atoms with van der Waals surface area (Å²) in [5, 5.41) is 3.61. The molecule has 1 amide bonds. The van der Waals surface area contributed by atoms with Crippen molar-refractivity contribution in [3.8, 4) is 10.4 Å². The molecule has 1 N–H and O–H groups in total. The number of amides is 1. The number of anilines is 1. The fourth-order valence-corrected chi connectivity index (χ4v) is 4.84. The number of nitrogens with one attached hydrogen (secondary N) is 1. The largest absolute Gasteiger partial charge is 0.301 e. The molecule has 2 aromatic carbocycles. The first kappa shape index (κ1) is 18.9. The molecule has 0 spiro atoms. The van der Waals surface area contributed by atoms with E-state index in [1.54, 1.807) is 18.6 Å². The molecule has 1 aliphatic carbocycles. The van der Waals surface area contributed by atoms with Crippen LogP contribution in [0.15, 0.2) is 77.7 Å². The molecule has 0 aliphatic heterocycles. The number of aromatic nitrogens is 2. The van der Waals surface area contributed by atoms with E-state index >= 15 is 0 Å². The third kappa shape index (κ3) is 3.60. The van der Waals surface area contributed by atoms with Crippen molar-refractivity contribution in [3.05, 3.63) is 99.9 Å². The second kappa shape index (κ2) is 7.97. The number of hydrogen-bond donors (Lipinski definition) is 1. The van der Waals surface area contributed by atoms with E-state index in [0.29, 0.717) is 5.13 Å².